The third kappa shape index (κ3) is 7.78. The molecule has 43 heavy (non-hydrogen) atoms. The molecule has 0 fully saturated rings. The Balaban J connectivity index is 1.47. The number of anilines is 1. The first-order valence-electron chi connectivity index (χ1n) is 13.5. The van der Waals surface area contributed by atoms with E-state index in [2.05, 4.69) is 10.3 Å². The zero-order valence-corrected chi connectivity index (χ0v) is 26.3. The number of rotatable bonds is 7. The monoisotopic (exact) mass is 628 g/mol. The van der Waals surface area contributed by atoms with Gasteiger partial charge in [-0.3, -0.25) is 15.1 Å². The second-order valence-corrected chi connectivity index (χ2v) is 13.6. The summed E-state index contributed by atoms with van der Waals surface area (Å²) in [5.41, 5.74) is -1.09. The van der Waals surface area contributed by atoms with E-state index in [1.54, 1.807) is 65.8 Å². The molecule has 3 aromatic rings. The van der Waals surface area contributed by atoms with Crippen molar-refractivity contribution in [3.63, 3.8) is 0 Å². The number of aryl methyl sites for hydroxylation is 1. The van der Waals surface area contributed by atoms with Crippen LogP contribution in [0.5, 0.6) is 0 Å². The minimum absolute atomic E-state index is 0.00612. The van der Waals surface area contributed by atoms with E-state index in [0.29, 0.717) is 33.8 Å². The number of thiophene rings is 1. The van der Waals surface area contributed by atoms with Crippen LogP contribution in [0.4, 0.5) is 10.5 Å². The molecule has 1 aliphatic rings. The molecule has 1 unspecified atom stereocenters. The largest absolute Gasteiger partial charge is 0.456 e. The second kappa shape index (κ2) is 12.1. The van der Waals surface area contributed by atoms with E-state index in [1.165, 1.54) is 18.3 Å². The molecule has 0 bridgehead atoms. The van der Waals surface area contributed by atoms with Crippen molar-refractivity contribution in [2.75, 3.05) is 11.9 Å². The molecular formula is C31H33ClN2O8S. The van der Waals surface area contributed by atoms with E-state index in [9.17, 15) is 24.3 Å². The summed E-state index contributed by atoms with van der Waals surface area (Å²) < 4.78 is 15.9. The number of aliphatic hydroxyl groups is 1. The number of nitrogens with one attached hydrogen (secondary N) is 1. The topological polar surface area (TPSA) is 141 Å². The number of amides is 1. The van der Waals surface area contributed by atoms with Gasteiger partial charge in [-0.2, -0.15) is 0 Å². The molecule has 1 atom stereocenters. The van der Waals surface area contributed by atoms with Gasteiger partial charge in [-0.25, -0.2) is 14.4 Å². The summed E-state index contributed by atoms with van der Waals surface area (Å²) in [5.74, 6) is -2.08. The number of carbonyl (C=O) groups is 4. The summed E-state index contributed by atoms with van der Waals surface area (Å²) in [7, 11) is 0. The van der Waals surface area contributed by atoms with Gasteiger partial charge in [0.05, 0.1) is 16.3 Å². The third-order valence-electron chi connectivity index (χ3n) is 6.20. The van der Waals surface area contributed by atoms with Gasteiger partial charge in [-0.1, -0.05) is 11.6 Å². The van der Waals surface area contributed by atoms with Gasteiger partial charge in [-0.05, 0) is 96.3 Å². The van der Waals surface area contributed by atoms with E-state index < -0.39 is 47.2 Å². The average molecular weight is 629 g/mol. The molecule has 228 valence electrons. The fraction of sp³-hybridized carbons (Fsp3) is 0.387. The highest BCUT2D eigenvalue weighted by Gasteiger charge is 2.47. The number of carbonyl (C=O) groups excluding carboxylic acids is 4. The van der Waals surface area contributed by atoms with E-state index in [4.69, 9.17) is 25.8 Å². The van der Waals surface area contributed by atoms with Crippen LogP contribution in [-0.2, 0) is 31.0 Å². The summed E-state index contributed by atoms with van der Waals surface area (Å²) in [6.45, 7) is 9.87. The van der Waals surface area contributed by atoms with Crippen molar-refractivity contribution < 1.29 is 38.5 Å². The molecule has 1 amide bonds. The van der Waals surface area contributed by atoms with Crippen molar-refractivity contribution in [2.45, 2.75) is 71.2 Å². The maximum atomic E-state index is 13.0. The van der Waals surface area contributed by atoms with Crippen LogP contribution < -0.4 is 5.32 Å². The lowest BCUT2D eigenvalue weighted by Gasteiger charge is -2.21. The minimum atomic E-state index is -2.04. The van der Waals surface area contributed by atoms with Gasteiger partial charge in [0.1, 0.15) is 16.1 Å². The predicted octanol–water partition coefficient (Wildman–Crippen LogP) is 6.33. The van der Waals surface area contributed by atoms with Gasteiger partial charge < -0.3 is 19.3 Å². The first-order valence-corrected chi connectivity index (χ1v) is 14.7. The molecule has 0 aliphatic heterocycles. The Morgan fingerprint density at radius 2 is 1.67 bits per heavy atom. The molecule has 10 nitrogen and oxygen atoms in total. The van der Waals surface area contributed by atoms with Crippen molar-refractivity contribution in [1.82, 2.24) is 4.98 Å². The van der Waals surface area contributed by atoms with Crippen LogP contribution in [0.3, 0.4) is 0 Å². The molecule has 2 aromatic heterocycles. The average Bonchev–Trinajstić information content (AvgIpc) is 3.52. The number of fused-ring (bicyclic) bond motifs is 1. The number of halogens is 1. The number of aromatic nitrogens is 1. The Morgan fingerprint density at radius 1 is 1.00 bits per heavy atom. The fourth-order valence-electron chi connectivity index (χ4n) is 4.38. The second-order valence-electron chi connectivity index (χ2n) is 12.1. The lowest BCUT2D eigenvalue weighted by molar-refractivity contribution is -0.165. The Bertz CT molecular complexity index is 1590. The van der Waals surface area contributed by atoms with Crippen LogP contribution in [-0.4, -0.2) is 51.7 Å². The molecule has 12 heteroatoms. The fourth-order valence-corrected chi connectivity index (χ4v) is 5.36. The number of ketones is 1. The van der Waals surface area contributed by atoms with Crippen molar-refractivity contribution in [2.24, 2.45) is 0 Å². The number of Topliss-reactive ketones (excluding diaryl/α,β-unsaturated/α-hetero) is 1. The van der Waals surface area contributed by atoms with Gasteiger partial charge in [0.15, 0.2) is 6.61 Å². The first-order chi connectivity index (χ1) is 19.9. The van der Waals surface area contributed by atoms with Crippen molar-refractivity contribution >= 4 is 52.4 Å². The van der Waals surface area contributed by atoms with Crippen LogP contribution in [0.15, 0.2) is 42.6 Å². The highest BCUT2D eigenvalue weighted by Crippen LogP contribution is 2.40. The summed E-state index contributed by atoms with van der Waals surface area (Å²) in [6.07, 6.45) is 1.14. The maximum Gasteiger partial charge on any atom is 0.412 e. The standard InChI is InChI=1S/C31H33ClN2O8S/c1-29(2,3)41-26(36)24-10-9-23(43-24)22(35)16-40-27(37)31(39)12-11-17-13-18(15-33-25(17)31)20-14-19(32)7-8-21(20)34-28(38)42-30(4,5)6/h7-10,13-15,39H,11-12,16H2,1-6H3,(H,34,38). The molecule has 0 radical (unpaired) electrons. The number of hydrogen-bond donors (Lipinski definition) is 2. The predicted molar refractivity (Wildman–Crippen MR) is 162 cm³/mol. The smallest absolute Gasteiger partial charge is 0.412 e. The number of ether oxygens (including phenoxy) is 3. The Labute approximate surface area is 258 Å². The van der Waals surface area contributed by atoms with Crippen LogP contribution in [0.2, 0.25) is 5.02 Å². The number of benzene rings is 1. The highest BCUT2D eigenvalue weighted by atomic mass is 35.5. The van der Waals surface area contributed by atoms with Gasteiger partial charge in [-0.15, -0.1) is 11.3 Å². The summed E-state index contributed by atoms with van der Waals surface area (Å²) in [6, 6.07) is 9.63. The normalized spacial score (nSPS) is 16.3. The Kier molecular flexibility index (Phi) is 9.01. The number of hydrogen-bond acceptors (Lipinski definition) is 10. The van der Waals surface area contributed by atoms with Crippen molar-refractivity contribution in [1.29, 1.82) is 0 Å². The molecule has 1 aromatic carbocycles. The van der Waals surface area contributed by atoms with E-state index in [-0.39, 0.29) is 21.9 Å². The van der Waals surface area contributed by atoms with Gasteiger partial charge in [0.25, 0.3) is 0 Å². The molecule has 4 rings (SSSR count). The minimum Gasteiger partial charge on any atom is -0.456 e. The molecule has 2 N–H and O–H groups in total. The third-order valence-corrected chi connectivity index (χ3v) is 7.54. The zero-order valence-electron chi connectivity index (χ0n) is 24.7. The lowest BCUT2D eigenvalue weighted by atomic mass is 9.99. The molecule has 0 spiro atoms. The molecule has 2 heterocycles. The number of pyridine rings is 1. The molecule has 1 aliphatic carbocycles. The Hall–Kier alpha value is -3.80. The molecular weight excluding hydrogens is 596 g/mol. The quantitative estimate of drug-likeness (QED) is 0.174. The summed E-state index contributed by atoms with van der Waals surface area (Å²) in [5, 5.41) is 14.4. The van der Waals surface area contributed by atoms with Crippen molar-refractivity contribution in [3.05, 3.63) is 68.6 Å². The number of nitrogens with zero attached hydrogens (tertiary/aromatic N) is 1. The van der Waals surface area contributed by atoms with Gasteiger partial charge >= 0.3 is 18.0 Å². The van der Waals surface area contributed by atoms with Crippen LogP contribution >= 0.6 is 22.9 Å². The molecule has 0 saturated carbocycles. The number of esters is 2. The van der Waals surface area contributed by atoms with Crippen LogP contribution in [0, 0.1) is 0 Å². The summed E-state index contributed by atoms with van der Waals surface area (Å²) in [4.78, 5) is 55.2. The van der Waals surface area contributed by atoms with E-state index >= 15 is 0 Å². The first kappa shape index (κ1) is 32.1. The maximum absolute atomic E-state index is 13.0. The van der Waals surface area contributed by atoms with Crippen LogP contribution in [0.25, 0.3) is 11.1 Å². The highest BCUT2D eigenvalue weighted by molar-refractivity contribution is 7.15. The van der Waals surface area contributed by atoms with Crippen LogP contribution in [0.1, 0.15) is 78.6 Å². The lowest BCUT2D eigenvalue weighted by Crippen LogP contribution is -2.36. The molecule has 0 saturated heterocycles. The van der Waals surface area contributed by atoms with E-state index in [1.807, 2.05) is 0 Å². The van der Waals surface area contributed by atoms with Gasteiger partial charge in [0.2, 0.25) is 11.4 Å². The SMILES string of the molecule is CC(C)(C)OC(=O)Nc1ccc(Cl)cc1-c1cnc2c(c1)CCC2(O)C(=O)OCC(=O)c1ccc(C(=O)OC(C)(C)C)s1. The van der Waals surface area contributed by atoms with Crippen molar-refractivity contribution in [3.8, 4) is 11.1 Å². The van der Waals surface area contributed by atoms with Gasteiger partial charge in [0, 0.05) is 22.3 Å². The summed E-state index contributed by atoms with van der Waals surface area (Å²) >= 11 is 7.18. The Morgan fingerprint density at radius 3 is 2.35 bits per heavy atom. The zero-order chi connectivity index (χ0) is 31.7. The van der Waals surface area contributed by atoms with E-state index in [0.717, 1.165) is 11.3 Å².